The minimum absolute atomic E-state index is 0.547. The van der Waals surface area contributed by atoms with Crippen molar-refractivity contribution in [2.75, 3.05) is 0 Å². The van der Waals surface area contributed by atoms with Crippen LogP contribution in [-0.2, 0) is 0 Å². The maximum absolute atomic E-state index is 7.10. The van der Waals surface area contributed by atoms with E-state index in [2.05, 4.69) is 209 Å². The van der Waals surface area contributed by atoms with E-state index in [-0.39, 0.29) is 0 Å². The van der Waals surface area contributed by atoms with E-state index < -0.39 is 0 Å². The molecule has 10 aromatic carbocycles. The number of aromatic nitrogens is 5. The summed E-state index contributed by atoms with van der Waals surface area (Å²) >= 11 is 1.78. The van der Waals surface area contributed by atoms with Crippen molar-refractivity contribution in [3.63, 3.8) is 0 Å². The molecule has 66 heavy (non-hydrogen) atoms. The number of hydrogen-bond acceptors (Lipinski definition) is 5. The molecule has 0 aliphatic heterocycles. The molecule has 306 valence electrons. The molecule has 0 saturated heterocycles. The molecular weight excluding hydrogens is 827 g/mol. The third kappa shape index (κ3) is 5.03. The zero-order chi connectivity index (χ0) is 43.0. The zero-order valence-electron chi connectivity index (χ0n) is 35.1. The van der Waals surface area contributed by atoms with Gasteiger partial charge in [0.2, 0.25) is 5.95 Å². The van der Waals surface area contributed by atoms with Crippen molar-refractivity contribution < 1.29 is 4.42 Å². The Hall–Kier alpha value is -8.65. The number of fused-ring (bicyclic) bond motifs is 15. The lowest BCUT2D eigenvalue weighted by molar-refractivity contribution is 0.672. The molecule has 0 aliphatic rings. The van der Waals surface area contributed by atoms with Crippen LogP contribution in [0, 0.1) is 0 Å². The quantitative estimate of drug-likeness (QED) is 0.177. The highest BCUT2D eigenvalue weighted by molar-refractivity contribution is 7.26. The summed E-state index contributed by atoms with van der Waals surface area (Å²) in [5, 5.41) is 13.6. The average molecular weight is 860 g/mol. The maximum Gasteiger partial charge on any atom is 0.238 e. The van der Waals surface area contributed by atoms with Crippen molar-refractivity contribution in [2.45, 2.75) is 0 Å². The van der Waals surface area contributed by atoms with E-state index in [0.717, 1.165) is 87.1 Å². The number of furan rings is 1. The van der Waals surface area contributed by atoms with E-state index in [9.17, 15) is 0 Å². The molecule has 15 aromatic rings. The zero-order valence-corrected chi connectivity index (χ0v) is 35.9. The smallest absolute Gasteiger partial charge is 0.238 e. The van der Waals surface area contributed by atoms with Crippen LogP contribution in [-0.4, -0.2) is 24.1 Å². The summed E-state index contributed by atoms with van der Waals surface area (Å²) in [5.74, 6) is 1.71. The lowest BCUT2D eigenvalue weighted by Gasteiger charge is -2.14. The first-order valence-electron chi connectivity index (χ1n) is 22.2. The average Bonchev–Trinajstić information content (AvgIpc) is 4.13. The van der Waals surface area contributed by atoms with Gasteiger partial charge < -0.3 is 8.98 Å². The predicted octanol–water partition coefficient (Wildman–Crippen LogP) is 16.0. The summed E-state index contributed by atoms with van der Waals surface area (Å²) in [6.07, 6.45) is 0. The summed E-state index contributed by atoms with van der Waals surface area (Å²) in [7, 11) is 0. The fourth-order valence-electron chi connectivity index (χ4n) is 10.6. The molecule has 0 aliphatic carbocycles. The van der Waals surface area contributed by atoms with Gasteiger partial charge in [-0.05, 0) is 70.8 Å². The van der Waals surface area contributed by atoms with E-state index in [1.54, 1.807) is 11.3 Å². The van der Waals surface area contributed by atoms with Gasteiger partial charge in [-0.1, -0.05) is 140 Å². The third-order valence-electron chi connectivity index (χ3n) is 13.5. The SMILES string of the molecule is c1ccc2cc3c(cc2c1)c1ccccc1n3-c1cc(-c2nc(-c3cccc4c3sc3ccccc34)nc(-n3c4ccccc4c4ccccc43)n2)c2c(c1)oc1c3ccccc3ccc12. The van der Waals surface area contributed by atoms with Gasteiger partial charge in [0.15, 0.2) is 11.6 Å². The Balaban J connectivity index is 1.10. The molecule has 6 nitrogen and oxygen atoms in total. The molecule has 15 rings (SSSR count). The van der Waals surface area contributed by atoms with Gasteiger partial charge in [0.1, 0.15) is 11.2 Å². The van der Waals surface area contributed by atoms with Crippen LogP contribution in [0.2, 0.25) is 0 Å². The largest absolute Gasteiger partial charge is 0.455 e. The topological polar surface area (TPSA) is 61.7 Å². The summed E-state index contributed by atoms with van der Waals surface area (Å²) in [4.78, 5) is 16.6. The number of thiophene rings is 1. The van der Waals surface area contributed by atoms with Gasteiger partial charge in [0.25, 0.3) is 0 Å². The molecular formula is C59H33N5OS. The van der Waals surface area contributed by atoms with Crippen LogP contribution in [0.1, 0.15) is 0 Å². The molecule has 5 heterocycles. The van der Waals surface area contributed by atoms with Gasteiger partial charge >= 0.3 is 0 Å². The van der Waals surface area contributed by atoms with E-state index in [0.29, 0.717) is 17.6 Å². The molecule has 0 bridgehead atoms. The standard InChI is InChI=1S/C59H33N5OS/c1-2-16-36-31-51-46(30-35(36)15-1)41-20-7-9-24-48(41)63(51)37-32-47(54-44-29-28-34-14-3-4-17-38(34)55(44)65-52(54)33-37)58-60-57(45-23-13-22-43-42-21-8-12-27-53(42)66-56(43)45)61-59(62-58)64-49-25-10-5-18-39(49)40-19-6-11-26-50(40)64/h1-33H. The molecule has 0 atom stereocenters. The lowest BCUT2D eigenvalue weighted by atomic mass is 10.0. The van der Waals surface area contributed by atoms with Gasteiger partial charge in [0, 0.05) is 75.1 Å². The van der Waals surface area contributed by atoms with Crippen LogP contribution >= 0.6 is 11.3 Å². The Bertz CT molecular complexity index is 4500. The first-order valence-corrected chi connectivity index (χ1v) is 23.0. The van der Waals surface area contributed by atoms with Crippen LogP contribution in [0.3, 0.4) is 0 Å². The van der Waals surface area contributed by atoms with Gasteiger partial charge in [-0.3, -0.25) is 4.57 Å². The second kappa shape index (κ2) is 13.4. The highest BCUT2D eigenvalue weighted by atomic mass is 32.1. The molecule has 0 saturated carbocycles. The Morgan fingerprint density at radius 2 is 0.970 bits per heavy atom. The summed E-state index contributed by atoms with van der Waals surface area (Å²) in [5.41, 5.74) is 8.64. The minimum atomic E-state index is 0.547. The van der Waals surface area contributed by atoms with Gasteiger partial charge in [0.05, 0.1) is 27.8 Å². The molecule has 0 unspecified atom stereocenters. The van der Waals surface area contributed by atoms with Crippen LogP contribution in [0.5, 0.6) is 0 Å². The van der Waals surface area contributed by atoms with E-state index in [1.165, 1.54) is 37.0 Å². The van der Waals surface area contributed by atoms with Crippen molar-refractivity contribution in [1.82, 2.24) is 24.1 Å². The van der Waals surface area contributed by atoms with Crippen LogP contribution in [0.4, 0.5) is 0 Å². The minimum Gasteiger partial charge on any atom is -0.455 e. The van der Waals surface area contributed by atoms with Crippen molar-refractivity contribution in [3.8, 4) is 34.4 Å². The first-order chi connectivity index (χ1) is 32.7. The number of nitrogens with zero attached hydrogens (tertiary/aromatic N) is 5. The van der Waals surface area contributed by atoms with E-state index in [4.69, 9.17) is 19.4 Å². The Kier molecular flexibility index (Phi) is 7.28. The van der Waals surface area contributed by atoms with Crippen LogP contribution < -0.4 is 0 Å². The second-order valence-electron chi connectivity index (χ2n) is 17.1. The first kappa shape index (κ1) is 35.8. The molecule has 0 spiro atoms. The van der Waals surface area contributed by atoms with Crippen LogP contribution in [0.25, 0.3) is 142 Å². The molecule has 0 amide bonds. The Morgan fingerprint density at radius 3 is 1.73 bits per heavy atom. The maximum atomic E-state index is 7.10. The molecule has 0 fully saturated rings. The Labute approximate surface area is 379 Å². The van der Waals surface area contributed by atoms with Crippen molar-refractivity contribution in [3.05, 3.63) is 200 Å². The summed E-state index contributed by atoms with van der Waals surface area (Å²) < 4.78 is 14.0. The molecule has 5 aromatic heterocycles. The highest BCUT2D eigenvalue weighted by Gasteiger charge is 2.25. The van der Waals surface area contributed by atoms with Gasteiger partial charge in [-0.15, -0.1) is 11.3 Å². The predicted molar refractivity (Wildman–Crippen MR) is 275 cm³/mol. The number of benzene rings is 10. The summed E-state index contributed by atoms with van der Waals surface area (Å²) in [6.45, 7) is 0. The Morgan fingerprint density at radius 1 is 0.379 bits per heavy atom. The molecule has 0 radical (unpaired) electrons. The fraction of sp³-hybridized carbons (Fsp3) is 0. The number of rotatable bonds is 4. The van der Waals surface area contributed by atoms with Crippen molar-refractivity contribution in [2.24, 2.45) is 0 Å². The van der Waals surface area contributed by atoms with Crippen molar-refractivity contribution >= 4 is 119 Å². The van der Waals surface area contributed by atoms with E-state index >= 15 is 0 Å². The lowest BCUT2D eigenvalue weighted by Crippen LogP contribution is -2.07. The monoisotopic (exact) mass is 859 g/mol. The normalized spacial score (nSPS) is 12.2. The van der Waals surface area contributed by atoms with E-state index in [1.807, 2.05) is 0 Å². The van der Waals surface area contributed by atoms with Gasteiger partial charge in [-0.25, -0.2) is 4.98 Å². The third-order valence-corrected chi connectivity index (χ3v) is 14.8. The second-order valence-corrected chi connectivity index (χ2v) is 18.2. The van der Waals surface area contributed by atoms with Crippen LogP contribution in [0.15, 0.2) is 205 Å². The van der Waals surface area contributed by atoms with Crippen molar-refractivity contribution in [1.29, 1.82) is 0 Å². The number of hydrogen-bond donors (Lipinski definition) is 0. The number of para-hydroxylation sites is 3. The molecule has 0 N–H and O–H groups in total. The fourth-order valence-corrected chi connectivity index (χ4v) is 11.8. The molecule has 7 heteroatoms. The van der Waals surface area contributed by atoms with Gasteiger partial charge in [-0.2, -0.15) is 9.97 Å². The highest BCUT2D eigenvalue weighted by Crippen LogP contribution is 2.45. The summed E-state index contributed by atoms with van der Waals surface area (Å²) in [6, 6.07) is 71.3.